The lowest BCUT2D eigenvalue weighted by Gasteiger charge is -2.27. The number of amides is 1. The Morgan fingerprint density at radius 1 is 1.30 bits per heavy atom. The molecule has 0 rings (SSSR count). The van der Waals surface area contributed by atoms with Crippen molar-refractivity contribution in [1.29, 1.82) is 0 Å². The molecule has 0 saturated carbocycles. The molecular formula is C14H22N2O4. The maximum atomic E-state index is 11.8. The maximum absolute atomic E-state index is 11.8. The van der Waals surface area contributed by atoms with E-state index >= 15 is 0 Å². The Bertz CT molecular complexity index is 418. The molecule has 1 N–H and O–H groups in total. The molecule has 0 fully saturated rings. The number of esters is 1. The summed E-state index contributed by atoms with van der Waals surface area (Å²) in [6.07, 6.45) is 2.95. The Hall–Kier alpha value is -2.03. The molecular weight excluding hydrogens is 260 g/mol. The van der Waals surface area contributed by atoms with E-state index in [1.54, 1.807) is 26.8 Å². The summed E-state index contributed by atoms with van der Waals surface area (Å²) < 4.78 is 9.80. The van der Waals surface area contributed by atoms with Crippen molar-refractivity contribution in [3.8, 4) is 0 Å². The highest BCUT2D eigenvalue weighted by Crippen LogP contribution is 2.13. The predicted octanol–water partition coefficient (Wildman–Crippen LogP) is 2.31. The number of nitrogens with one attached hydrogen (secondary N) is 1. The fraction of sp³-hybridized carbons (Fsp3) is 0.643. The van der Waals surface area contributed by atoms with E-state index in [9.17, 15) is 9.59 Å². The average molecular weight is 282 g/mol. The zero-order chi connectivity index (χ0) is 15.8. The van der Waals surface area contributed by atoms with Crippen LogP contribution in [-0.4, -0.2) is 36.9 Å². The molecule has 0 bridgehead atoms. The largest absolute Gasteiger partial charge is 0.467 e. The second-order valence-corrected chi connectivity index (χ2v) is 5.39. The summed E-state index contributed by atoms with van der Waals surface area (Å²) in [6, 6.07) is 0. The van der Waals surface area contributed by atoms with E-state index in [1.165, 1.54) is 20.1 Å². The number of ether oxygens (including phenoxy) is 2. The molecule has 0 unspecified atom stereocenters. The molecule has 0 radical (unpaired) electrons. The number of nitrogens with zero attached hydrogens (tertiary/aromatic N) is 1. The van der Waals surface area contributed by atoms with Crippen molar-refractivity contribution in [1.82, 2.24) is 5.32 Å². The van der Waals surface area contributed by atoms with Crippen LogP contribution in [0.4, 0.5) is 4.79 Å². The van der Waals surface area contributed by atoms with E-state index in [2.05, 4.69) is 14.9 Å². The van der Waals surface area contributed by atoms with Crippen molar-refractivity contribution in [2.45, 2.75) is 45.3 Å². The third-order valence-corrected chi connectivity index (χ3v) is 2.23. The molecule has 0 heterocycles. The molecule has 0 aliphatic heterocycles. The van der Waals surface area contributed by atoms with Gasteiger partial charge in [0.1, 0.15) is 5.60 Å². The van der Waals surface area contributed by atoms with E-state index < -0.39 is 23.2 Å². The minimum Gasteiger partial charge on any atom is -0.467 e. The lowest BCUT2D eigenvalue weighted by molar-refractivity contribution is -0.145. The SMILES string of the molecule is [C-]#[N+]CCC=C[C@@](C)(NC(=O)OC(C)(C)C)C(=O)OC. The first-order valence-electron chi connectivity index (χ1n) is 6.25. The van der Waals surface area contributed by atoms with Crippen LogP contribution in [-0.2, 0) is 14.3 Å². The Kier molecular flexibility index (Phi) is 6.77. The van der Waals surface area contributed by atoms with Gasteiger partial charge in [-0.25, -0.2) is 16.2 Å². The number of hydrogen-bond acceptors (Lipinski definition) is 4. The predicted molar refractivity (Wildman–Crippen MR) is 75.0 cm³/mol. The van der Waals surface area contributed by atoms with Gasteiger partial charge in [-0.2, -0.15) is 0 Å². The summed E-state index contributed by atoms with van der Waals surface area (Å²) in [5.74, 6) is -0.609. The third-order valence-electron chi connectivity index (χ3n) is 2.23. The van der Waals surface area contributed by atoms with Gasteiger partial charge < -0.3 is 19.6 Å². The van der Waals surface area contributed by atoms with E-state index in [4.69, 9.17) is 11.3 Å². The Morgan fingerprint density at radius 3 is 2.35 bits per heavy atom. The van der Waals surface area contributed by atoms with Gasteiger partial charge in [0, 0.05) is 6.42 Å². The first kappa shape index (κ1) is 18.0. The molecule has 0 aromatic heterocycles. The minimum atomic E-state index is -1.32. The van der Waals surface area contributed by atoms with Crippen molar-refractivity contribution in [2.24, 2.45) is 0 Å². The lowest BCUT2D eigenvalue weighted by Crippen LogP contribution is -2.52. The number of hydrogen-bond donors (Lipinski definition) is 1. The van der Waals surface area contributed by atoms with Crippen LogP contribution in [0.3, 0.4) is 0 Å². The molecule has 112 valence electrons. The van der Waals surface area contributed by atoms with Crippen molar-refractivity contribution in [3.63, 3.8) is 0 Å². The van der Waals surface area contributed by atoms with Crippen LogP contribution in [0.2, 0.25) is 0 Å². The van der Waals surface area contributed by atoms with Gasteiger partial charge in [-0.05, 0) is 27.7 Å². The van der Waals surface area contributed by atoms with Gasteiger partial charge in [-0.15, -0.1) is 0 Å². The zero-order valence-corrected chi connectivity index (χ0v) is 12.6. The van der Waals surface area contributed by atoms with Crippen LogP contribution < -0.4 is 5.32 Å². The Morgan fingerprint density at radius 2 is 1.90 bits per heavy atom. The standard InChI is InChI=1S/C14H22N2O4/c1-13(2,3)20-12(18)16-14(4,11(17)19-6)9-7-8-10-15-5/h7,9H,8,10H2,1-4,6H3,(H,16,18)/t14-/m1/s1. The molecule has 6 nitrogen and oxygen atoms in total. The fourth-order valence-corrected chi connectivity index (χ4v) is 1.35. The molecule has 0 aromatic carbocycles. The van der Waals surface area contributed by atoms with E-state index in [0.29, 0.717) is 13.0 Å². The normalized spacial score (nSPS) is 14.2. The summed E-state index contributed by atoms with van der Waals surface area (Å²) in [5, 5.41) is 2.48. The number of rotatable bonds is 5. The Labute approximate surface area is 119 Å². The van der Waals surface area contributed by atoms with Gasteiger partial charge in [-0.1, -0.05) is 12.2 Å². The van der Waals surface area contributed by atoms with Crippen molar-refractivity contribution in [3.05, 3.63) is 23.6 Å². The molecule has 0 saturated heterocycles. The number of carbonyl (C=O) groups excluding carboxylic acids is 2. The second-order valence-electron chi connectivity index (χ2n) is 5.39. The van der Waals surface area contributed by atoms with Crippen LogP contribution in [0.25, 0.3) is 4.85 Å². The van der Waals surface area contributed by atoms with E-state index in [1.807, 2.05) is 0 Å². The lowest BCUT2D eigenvalue weighted by atomic mass is 10.0. The summed E-state index contributed by atoms with van der Waals surface area (Å²) in [6.45, 7) is 13.7. The quantitative estimate of drug-likeness (QED) is 0.363. The molecule has 1 amide bonds. The molecule has 0 aromatic rings. The Balaban J connectivity index is 4.88. The molecule has 20 heavy (non-hydrogen) atoms. The maximum Gasteiger partial charge on any atom is 0.408 e. The highest BCUT2D eigenvalue weighted by Gasteiger charge is 2.35. The first-order valence-corrected chi connectivity index (χ1v) is 6.25. The highest BCUT2D eigenvalue weighted by atomic mass is 16.6. The average Bonchev–Trinajstić information content (AvgIpc) is 2.31. The zero-order valence-electron chi connectivity index (χ0n) is 12.6. The third kappa shape index (κ3) is 6.78. The molecule has 0 aliphatic rings. The molecule has 6 heteroatoms. The van der Waals surface area contributed by atoms with Gasteiger partial charge in [0.2, 0.25) is 6.54 Å². The van der Waals surface area contributed by atoms with Crippen molar-refractivity contribution in [2.75, 3.05) is 13.7 Å². The van der Waals surface area contributed by atoms with Crippen LogP contribution in [0.5, 0.6) is 0 Å². The summed E-state index contributed by atoms with van der Waals surface area (Å²) in [7, 11) is 1.24. The summed E-state index contributed by atoms with van der Waals surface area (Å²) >= 11 is 0. The molecule has 0 aliphatic carbocycles. The summed E-state index contributed by atoms with van der Waals surface area (Å²) in [5.41, 5.74) is -1.98. The number of carbonyl (C=O) groups is 2. The van der Waals surface area contributed by atoms with Crippen molar-refractivity contribution < 1.29 is 19.1 Å². The number of methoxy groups -OCH3 is 1. The van der Waals surface area contributed by atoms with E-state index in [-0.39, 0.29) is 0 Å². The molecule has 1 atom stereocenters. The smallest absolute Gasteiger partial charge is 0.408 e. The summed E-state index contributed by atoms with van der Waals surface area (Å²) in [4.78, 5) is 26.8. The van der Waals surface area contributed by atoms with Crippen LogP contribution in [0.1, 0.15) is 34.1 Å². The van der Waals surface area contributed by atoms with Gasteiger partial charge in [0.25, 0.3) is 0 Å². The van der Waals surface area contributed by atoms with Crippen LogP contribution >= 0.6 is 0 Å². The van der Waals surface area contributed by atoms with Gasteiger partial charge in [0.05, 0.1) is 7.11 Å². The first-order chi connectivity index (χ1) is 9.14. The number of alkyl carbamates (subject to hydrolysis) is 1. The minimum absolute atomic E-state index is 0.320. The van der Waals surface area contributed by atoms with E-state index in [0.717, 1.165) is 0 Å². The second kappa shape index (κ2) is 7.53. The molecule has 0 spiro atoms. The topological polar surface area (TPSA) is 69.0 Å². The van der Waals surface area contributed by atoms with Crippen LogP contribution in [0, 0.1) is 6.57 Å². The van der Waals surface area contributed by atoms with Gasteiger partial charge >= 0.3 is 12.1 Å². The van der Waals surface area contributed by atoms with Crippen LogP contribution in [0.15, 0.2) is 12.2 Å². The fourth-order valence-electron chi connectivity index (χ4n) is 1.35. The van der Waals surface area contributed by atoms with Crippen molar-refractivity contribution >= 4 is 12.1 Å². The van der Waals surface area contributed by atoms with Gasteiger partial charge in [-0.3, -0.25) is 0 Å². The van der Waals surface area contributed by atoms with Gasteiger partial charge in [0.15, 0.2) is 5.54 Å². The monoisotopic (exact) mass is 282 g/mol. The highest BCUT2D eigenvalue weighted by molar-refractivity contribution is 5.87.